The molecule has 34 heavy (non-hydrogen) atoms. The molecule has 0 radical (unpaired) electrons. The van der Waals surface area contributed by atoms with E-state index >= 15 is 0 Å². The van der Waals surface area contributed by atoms with E-state index in [1.54, 1.807) is 30.0 Å². The third-order valence-electron chi connectivity index (χ3n) is 8.01. The molecule has 1 aromatic carbocycles. The largest absolute Gasteiger partial charge is 0.345 e. The van der Waals surface area contributed by atoms with Crippen molar-refractivity contribution in [3.8, 4) is 6.07 Å². The fraction of sp³-hybridized carbons (Fsp3) is 0.600. The topological polar surface area (TPSA) is 114 Å². The lowest BCUT2D eigenvalue weighted by atomic mass is 10.0. The molecule has 1 aromatic rings. The first-order valence-corrected chi connectivity index (χ1v) is 12.1. The molecule has 2 bridgehead atoms. The van der Waals surface area contributed by atoms with Crippen LogP contribution in [0.5, 0.6) is 0 Å². The number of piperazine rings is 1. The van der Waals surface area contributed by atoms with Gasteiger partial charge >= 0.3 is 0 Å². The maximum Gasteiger partial charge on any atom is 0.253 e. The molecule has 180 valence electrons. The fourth-order valence-electron chi connectivity index (χ4n) is 6.16. The van der Waals surface area contributed by atoms with Gasteiger partial charge in [-0.1, -0.05) is 12.1 Å². The number of nitriles is 1. The second kappa shape index (κ2) is 8.36. The van der Waals surface area contributed by atoms with Crippen LogP contribution in [0.3, 0.4) is 0 Å². The SMILES string of the molecule is C[C@@H](c1cccc(C(=O)N(C)C)c1)N1C(=O)[C@@H]2CC1CN2C[C@H](N)C(=O)N1[C@H](C#N)C[C@@H]2C[C@@H]21. The van der Waals surface area contributed by atoms with Crippen molar-refractivity contribution in [2.45, 2.75) is 62.4 Å². The van der Waals surface area contributed by atoms with E-state index in [0.717, 1.165) is 24.8 Å². The fourth-order valence-corrected chi connectivity index (χ4v) is 6.16. The van der Waals surface area contributed by atoms with Gasteiger partial charge in [0.15, 0.2) is 0 Å². The highest BCUT2D eigenvalue weighted by atomic mass is 16.2. The number of carbonyl (C=O) groups is 3. The molecule has 1 saturated carbocycles. The zero-order chi connectivity index (χ0) is 24.3. The summed E-state index contributed by atoms with van der Waals surface area (Å²) in [5.41, 5.74) is 7.84. The van der Waals surface area contributed by atoms with Crippen molar-refractivity contribution in [2.75, 3.05) is 27.2 Å². The molecule has 4 fully saturated rings. The number of piperidine rings is 1. The summed E-state index contributed by atoms with van der Waals surface area (Å²) in [5, 5.41) is 9.39. The number of carbonyl (C=O) groups excluding carboxylic acids is 3. The van der Waals surface area contributed by atoms with Gasteiger partial charge in [-0.3, -0.25) is 19.3 Å². The van der Waals surface area contributed by atoms with E-state index in [9.17, 15) is 19.6 Å². The van der Waals surface area contributed by atoms with Gasteiger partial charge in [-0.2, -0.15) is 5.26 Å². The van der Waals surface area contributed by atoms with Gasteiger partial charge in [0.1, 0.15) is 6.04 Å². The first kappa shape index (κ1) is 22.8. The van der Waals surface area contributed by atoms with Gasteiger partial charge in [0.05, 0.1) is 24.2 Å². The molecule has 0 aromatic heterocycles. The molecule has 0 spiro atoms. The van der Waals surface area contributed by atoms with Crippen LogP contribution in [-0.2, 0) is 9.59 Å². The average Bonchev–Trinajstić information content (AvgIpc) is 3.15. The molecule has 9 heteroatoms. The van der Waals surface area contributed by atoms with Crippen molar-refractivity contribution in [1.29, 1.82) is 5.26 Å². The molecule has 7 atom stereocenters. The molecule has 1 unspecified atom stereocenters. The second-order valence-electron chi connectivity index (χ2n) is 10.4. The standard InChI is InChI=1S/C25H32N6O3/c1-14(15-5-4-6-16(7-15)23(32)28(2)3)30-19-10-22(25(30)34)29(12-19)13-20(27)24(33)31-18(11-26)8-17-9-21(17)31/h4-7,14,17-22H,8-10,12-13,27H2,1-3H3/t14-,17+,18-,19?,20-,21-,22-/m0/s1. The van der Waals surface area contributed by atoms with Gasteiger partial charge in [-0.25, -0.2) is 0 Å². The number of hydrogen-bond acceptors (Lipinski definition) is 6. The Morgan fingerprint density at radius 3 is 2.71 bits per heavy atom. The van der Waals surface area contributed by atoms with Crippen LogP contribution in [0.1, 0.15) is 48.1 Å². The minimum atomic E-state index is -0.734. The first-order chi connectivity index (χ1) is 16.2. The molecular weight excluding hydrogens is 432 g/mol. The lowest BCUT2D eigenvalue weighted by Gasteiger charge is -2.38. The summed E-state index contributed by atoms with van der Waals surface area (Å²) in [6.45, 7) is 3.00. The Balaban J connectivity index is 1.24. The first-order valence-electron chi connectivity index (χ1n) is 12.1. The van der Waals surface area contributed by atoms with Crippen molar-refractivity contribution < 1.29 is 14.4 Å². The Labute approximate surface area is 200 Å². The van der Waals surface area contributed by atoms with Crippen molar-refractivity contribution in [3.63, 3.8) is 0 Å². The number of fused-ring (bicyclic) bond motifs is 3. The lowest BCUT2D eigenvalue weighted by Crippen LogP contribution is -2.57. The van der Waals surface area contributed by atoms with Crippen LogP contribution >= 0.6 is 0 Å². The average molecular weight is 465 g/mol. The number of rotatable bonds is 6. The third kappa shape index (κ3) is 3.65. The quantitative estimate of drug-likeness (QED) is 0.659. The minimum Gasteiger partial charge on any atom is -0.345 e. The molecule has 3 heterocycles. The predicted octanol–water partition coefficient (Wildman–Crippen LogP) is 0.575. The number of likely N-dealkylation sites (tertiary alicyclic amines) is 3. The summed E-state index contributed by atoms with van der Waals surface area (Å²) >= 11 is 0. The van der Waals surface area contributed by atoms with Gasteiger partial charge in [-0.15, -0.1) is 0 Å². The second-order valence-corrected chi connectivity index (χ2v) is 10.4. The monoisotopic (exact) mass is 464 g/mol. The maximum atomic E-state index is 13.3. The summed E-state index contributed by atoms with van der Waals surface area (Å²) < 4.78 is 0. The number of nitrogens with two attached hydrogens (primary N) is 1. The Morgan fingerprint density at radius 1 is 1.26 bits per heavy atom. The molecular formula is C25H32N6O3. The molecule has 4 aliphatic rings. The number of nitrogens with zero attached hydrogens (tertiary/aromatic N) is 5. The molecule has 9 nitrogen and oxygen atoms in total. The number of amides is 3. The minimum absolute atomic E-state index is 0.0473. The number of benzene rings is 1. The van der Waals surface area contributed by atoms with Crippen molar-refractivity contribution in [1.82, 2.24) is 19.6 Å². The molecule has 3 amide bonds. The van der Waals surface area contributed by atoms with E-state index in [2.05, 4.69) is 6.07 Å². The van der Waals surface area contributed by atoms with E-state index in [-0.39, 0.29) is 47.9 Å². The summed E-state index contributed by atoms with van der Waals surface area (Å²) in [4.78, 5) is 45.9. The van der Waals surface area contributed by atoms with Gasteiger partial charge in [0.2, 0.25) is 11.8 Å². The van der Waals surface area contributed by atoms with Crippen molar-refractivity contribution >= 4 is 17.7 Å². The Kier molecular flexibility index (Phi) is 5.61. The van der Waals surface area contributed by atoms with Gasteiger partial charge in [-0.05, 0) is 49.8 Å². The van der Waals surface area contributed by atoms with E-state index in [4.69, 9.17) is 5.73 Å². The van der Waals surface area contributed by atoms with Crippen LogP contribution in [0.15, 0.2) is 24.3 Å². The molecule has 5 rings (SSSR count). The third-order valence-corrected chi connectivity index (χ3v) is 8.01. The van der Waals surface area contributed by atoms with Crippen LogP contribution in [-0.4, -0.2) is 94.7 Å². The van der Waals surface area contributed by atoms with E-state index in [1.165, 1.54) is 0 Å². The Hall–Kier alpha value is -2.96. The van der Waals surface area contributed by atoms with Crippen LogP contribution in [0, 0.1) is 17.2 Å². The highest BCUT2D eigenvalue weighted by Crippen LogP contribution is 2.48. The summed E-state index contributed by atoms with van der Waals surface area (Å²) in [7, 11) is 3.44. The van der Waals surface area contributed by atoms with E-state index in [1.807, 2.05) is 34.9 Å². The van der Waals surface area contributed by atoms with E-state index < -0.39 is 6.04 Å². The zero-order valence-electron chi connectivity index (χ0n) is 19.9. The smallest absolute Gasteiger partial charge is 0.253 e. The Bertz CT molecular complexity index is 1070. The molecule has 2 N–H and O–H groups in total. The highest BCUT2D eigenvalue weighted by Gasteiger charge is 2.56. The van der Waals surface area contributed by atoms with Crippen molar-refractivity contribution in [3.05, 3.63) is 35.4 Å². The summed E-state index contributed by atoms with van der Waals surface area (Å²) in [5.74, 6) is 0.263. The molecule has 3 aliphatic heterocycles. The number of hydrogen-bond donors (Lipinski definition) is 1. The van der Waals surface area contributed by atoms with Crippen molar-refractivity contribution in [2.24, 2.45) is 11.7 Å². The normalized spacial score (nSPS) is 31.3. The molecule has 1 aliphatic carbocycles. The van der Waals surface area contributed by atoms with Crippen LogP contribution in [0.4, 0.5) is 0 Å². The maximum absolute atomic E-state index is 13.3. The van der Waals surface area contributed by atoms with Crippen LogP contribution in [0.25, 0.3) is 0 Å². The Morgan fingerprint density at radius 2 is 2.03 bits per heavy atom. The van der Waals surface area contributed by atoms with Gasteiger partial charge < -0.3 is 20.4 Å². The van der Waals surface area contributed by atoms with Crippen LogP contribution in [0.2, 0.25) is 0 Å². The zero-order valence-corrected chi connectivity index (χ0v) is 19.9. The molecule has 3 saturated heterocycles. The summed E-state index contributed by atoms with van der Waals surface area (Å²) in [6.07, 6.45) is 2.44. The van der Waals surface area contributed by atoms with Gasteiger partial charge in [0.25, 0.3) is 5.91 Å². The van der Waals surface area contributed by atoms with Gasteiger partial charge in [0, 0.05) is 44.8 Å². The highest BCUT2D eigenvalue weighted by molar-refractivity contribution is 5.94. The predicted molar refractivity (Wildman–Crippen MR) is 124 cm³/mol. The van der Waals surface area contributed by atoms with Crippen LogP contribution < -0.4 is 5.73 Å². The van der Waals surface area contributed by atoms with E-state index in [0.29, 0.717) is 24.6 Å². The summed E-state index contributed by atoms with van der Waals surface area (Å²) in [6, 6.07) is 8.39. The lowest BCUT2D eigenvalue weighted by molar-refractivity contribution is -0.141.